The number of para-hydroxylation sites is 1. The maximum Gasteiger partial charge on any atom is 0.263 e. The average molecular weight is 303 g/mol. The second-order valence-corrected chi connectivity index (χ2v) is 6.15. The van der Waals surface area contributed by atoms with Crippen LogP contribution in [0.5, 0.6) is 5.75 Å². The lowest BCUT2D eigenvalue weighted by atomic mass is 9.86. The van der Waals surface area contributed by atoms with Crippen molar-refractivity contribution in [1.82, 2.24) is 4.90 Å². The third kappa shape index (κ3) is 3.01. The van der Waals surface area contributed by atoms with Crippen molar-refractivity contribution < 1.29 is 13.9 Å². The molecule has 2 aliphatic rings. The van der Waals surface area contributed by atoms with Crippen LogP contribution >= 0.6 is 0 Å². The minimum atomic E-state index is -0.606. The normalized spacial score (nSPS) is 24.9. The third-order valence-electron chi connectivity index (χ3n) is 4.68. The first-order valence-corrected chi connectivity index (χ1v) is 8.04. The molecule has 0 radical (unpaired) electrons. The molecule has 3 unspecified atom stereocenters. The molecule has 1 aromatic rings. The molecular weight excluding hydrogens is 281 g/mol. The molecule has 1 aliphatic carbocycles. The van der Waals surface area contributed by atoms with E-state index in [0.29, 0.717) is 18.3 Å². The van der Waals surface area contributed by atoms with Crippen molar-refractivity contribution in [2.75, 3.05) is 13.1 Å². The molecule has 3 atom stereocenters. The van der Waals surface area contributed by atoms with E-state index in [-0.39, 0.29) is 11.7 Å². The number of likely N-dealkylation sites (tertiary alicyclic amines) is 1. The first-order valence-electron chi connectivity index (χ1n) is 8.04. The summed E-state index contributed by atoms with van der Waals surface area (Å²) in [5.74, 6) is 0.856. The number of carbonyl (C=O) groups is 1. The molecule has 0 bridgehead atoms. The molecule has 0 spiro atoms. The van der Waals surface area contributed by atoms with Gasteiger partial charge in [0.15, 0.2) is 17.7 Å². The van der Waals surface area contributed by atoms with E-state index in [1.54, 1.807) is 18.2 Å². The summed E-state index contributed by atoms with van der Waals surface area (Å²) in [5, 5.41) is 0. The lowest BCUT2D eigenvalue weighted by molar-refractivity contribution is -0.138. The molecule has 1 amide bonds. The summed E-state index contributed by atoms with van der Waals surface area (Å²) in [7, 11) is 0. The molecule has 0 N–H and O–H groups in total. The highest BCUT2D eigenvalue weighted by atomic mass is 19.1. The maximum absolute atomic E-state index is 13.7. The smallest absolute Gasteiger partial charge is 0.263 e. The Balaban J connectivity index is 1.66. The Bertz CT molecular complexity index is 556. The molecule has 22 heavy (non-hydrogen) atoms. The van der Waals surface area contributed by atoms with E-state index in [9.17, 15) is 9.18 Å². The summed E-state index contributed by atoms with van der Waals surface area (Å²) in [5.41, 5.74) is 0. The van der Waals surface area contributed by atoms with Crippen LogP contribution in [0.2, 0.25) is 0 Å². The summed E-state index contributed by atoms with van der Waals surface area (Å²) >= 11 is 0. The monoisotopic (exact) mass is 303 g/mol. The maximum atomic E-state index is 13.7. The predicted octanol–water partition coefficient (Wildman–Crippen LogP) is 3.41. The number of hydrogen-bond acceptors (Lipinski definition) is 2. The molecule has 3 nitrogen and oxygen atoms in total. The van der Waals surface area contributed by atoms with Crippen molar-refractivity contribution in [3.05, 3.63) is 42.2 Å². The Hall–Kier alpha value is -1.84. The van der Waals surface area contributed by atoms with Gasteiger partial charge in [-0.1, -0.05) is 31.2 Å². The second kappa shape index (κ2) is 6.51. The van der Waals surface area contributed by atoms with Crippen LogP contribution in [0.25, 0.3) is 0 Å². The lowest BCUT2D eigenvalue weighted by Gasteiger charge is -2.23. The SMILES string of the molecule is CCC(Oc1ccccc1F)C(=O)N1CC2CC=CCC2C1. The summed E-state index contributed by atoms with van der Waals surface area (Å²) in [6.45, 7) is 3.49. The third-order valence-corrected chi connectivity index (χ3v) is 4.68. The number of benzene rings is 1. The Morgan fingerprint density at radius 3 is 2.50 bits per heavy atom. The quantitative estimate of drug-likeness (QED) is 0.798. The Morgan fingerprint density at radius 2 is 1.91 bits per heavy atom. The van der Waals surface area contributed by atoms with E-state index in [0.717, 1.165) is 25.9 Å². The molecule has 1 aliphatic heterocycles. The summed E-state index contributed by atoms with van der Waals surface area (Å²) in [6.07, 6.45) is 6.46. The molecule has 4 heteroatoms. The Kier molecular flexibility index (Phi) is 4.46. The Labute approximate surface area is 130 Å². The van der Waals surface area contributed by atoms with Crippen molar-refractivity contribution in [2.45, 2.75) is 32.3 Å². The van der Waals surface area contributed by atoms with Gasteiger partial charge in [-0.25, -0.2) is 4.39 Å². The summed E-state index contributed by atoms with van der Waals surface area (Å²) in [4.78, 5) is 14.6. The second-order valence-electron chi connectivity index (χ2n) is 6.15. The molecular formula is C18H22FNO2. The van der Waals surface area contributed by atoms with Gasteiger partial charge >= 0.3 is 0 Å². The molecule has 1 aromatic carbocycles. The molecule has 118 valence electrons. The fourth-order valence-corrected chi connectivity index (χ4v) is 3.40. The number of amides is 1. The standard InChI is InChI=1S/C18H22FNO2/c1-2-16(22-17-10-6-5-9-15(17)19)18(21)20-11-13-7-3-4-8-14(13)12-20/h3-6,9-10,13-14,16H,2,7-8,11-12H2,1H3. The van der Waals surface area contributed by atoms with Crippen molar-refractivity contribution in [3.63, 3.8) is 0 Å². The van der Waals surface area contributed by atoms with Gasteiger partial charge in [0.05, 0.1) is 0 Å². The van der Waals surface area contributed by atoms with Crippen LogP contribution in [0.1, 0.15) is 26.2 Å². The van der Waals surface area contributed by atoms with Crippen LogP contribution in [0.15, 0.2) is 36.4 Å². The van der Waals surface area contributed by atoms with E-state index >= 15 is 0 Å². The zero-order valence-corrected chi connectivity index (χ0v) is 12.9. The van der Waals surface area contributed by atoms with Crippen molar-refractivity contribution in [1.29, 1.82) is 0 Å². The van der Waals surface area contributed by atoms with Crippen LogP contribution in [-0.2, 0) is 4.79 Å². The van der Waals surface area contributed by atoms with Gasteiger partial charge in [0.25, 0.3) is 5.91 Å². The minimum absolute atomic E-state index is 0.0137. The first-order chi connectivity index (χ1) is 10.7. The van der Waals surface area contributed by atoms with Gasteiger partial charge in [0.1, 0.15) is 0 Å². The van der Waals surface area contributed by atoms with Gasteiger partial charge in [-0.15, -0.1) is 0 Å². The number of carbonyl (C=O) groups excluding carboxylic acids is 1. The molecule has 3 rings (SSSR count). The van der Waals surface area contributed by atoms with Crippen LogP contribution in [0.3, 0.4) is 0 Å². The fourth-order valence-electron chi connectivity index (χ4n) is 3.40. The average Bonchev–Trinajstić information content (AvgIpc) is 2.97. The molecule has 0 aromatic heterocycles. The number of hydrogen-bond donors (Lipinski definition) is 0. The molecule has 0 saturated carbocycles. The van der Waals surface area contributed by atoms with Gasteiger partial charge in [-0.3, -0.25) is 4.79 Å². The van der Waals surface area contributed by atoms with Crippen LogP contribution < -0.4 is 4.74 Å². The van der Waals surface area contributed by atoms with E-state index in [1.165, 1.54) is 6.07 Å². The minimum Gasteiger partial charge on any atom is -0.478 e. The van der Waals surface area contributed by atoms with Crippen LogP contribution in [-0.4, -0.2) is 30.0 Å². The van der Waals surface area contributed by atoms with Crippen LogP contribution in [0.4, 0.5) is 4.39 Å². The van der Waals surface area contributed by atoms with Crippen molar-refractivity contribution in [2.24, 2.45) is 11.8 Å². The zero-order valence-electron chi connectivity index (χ0n) is 12.9. The van der Waals surface area contributed by atoms with E-state index in [1.807, 2.05) is 11.8 Å². The van der Waals surface area contributed by atoms with E-state index in [2.05, 4.69) is 12.2 Å². The predicted molar refractivity (Wildman–Crippen MR) is 83.0 cm³/mol. The highest BCUT2D eigenvalue weighted by Crippen LogP contribution is 2.33. The van der Waals surface area contributed by atoms with Gasteiger partial charge in [0, 0.05) is 13.1 Å². The van der Waals surface area contributed by atoms with Crippen molar-refractivity contribution >= 4 is 5.91 Å². The number of halogens is 1. The highest BCUT2D eigenvalue weighted by molar-refractivity contribution is 5.81. The number of rotatable bonds is 4. The fraction of sp³-hybridized carbons (Fsp3) is 0.500. The van der Waals surface area contributed by atoms with Gasteiger partial charge < -0.3 is 9.64 Å². The van der Waals surface area contributed by atoms with Crippen LogP contribution in [0, 0.1) is 17.7 Å². The molecule has 1 heterocycles. The van der Waals surface area contributed by atoms with E-state index < -0.39 is 11.9 Å². The molecule has 1 saturated heterocycles. The van der Waals surface area contributed by atoms with Gasteiger partial charge in [0.2, 0.25) is 0 Å². The highest BCUT2D eigenvalue weighted by Gasteiger charge is 2.37. The van der Waals surface area contributed by atoms with Gasteiger partial charge in [-0.2, -0.15) is 0 Å². The number of fused-ring (bicyclic) bond motifs is 1. The topological polar surface area (TPSA) is 29.5 Å². The number of nitrogens with zero attached hydrogens (tertiary/aromatic N) is 1. The largest absolute Gasteiger partial charge is 0.478 e. The zero-order chi connectivity index (χ0) is 15.5. The first kappa shape index (κ1) is 15.1. The molecule has 1 fully saturated rings. The van der Waals surface area contributed by atoms with E-state index in [4.69, 9.17) is 4.74 Å². The Morgan fingerprint density at radius 1 is 1.27 bits per heavy atom. The van der Waals surface area contributed by atoms with Gasteiger partial charge in [-0.05, 0) is 43.2 Å². The lowest BCUT2D eigenvalue weighted by Crippen LogP contribution is -2.40. The number of allylic oxidation sites excluding steroid dienone is 2. The summed E-state index contributed by atoms with van der Waals surface area (Å²) < 4.78 is 19.4. The van der Waals surface area contributed by atoms with Crippen molar-refractivity contribution in [3.8, 4) is 5.75 Å². The number of ether oxygens (including phenoxy) is 1. The summed E-state index contributed by atoms with van der Waals surface area (Å²) in [6, 6.07) is 6.25.